The van der Waals surface area contributed by atoms with Gasteiger partial charge in [-0.25, -0.2) is 9.97 Å². The normalized spacial score (nSPS) is 10.8. The van der Waals surface area contributed by atoms with E-state index in [4.69, 9.17) is 5.73 Å². The molecule has 0 saturated carbocycles. The Kier molecular flexibility index (Phi) is 2.70. The second kappa shape index (κ2) is 4.35. The fourth-order valence-corrected chi connectivity index (χ4v) is 3.36. The van der Waals surface area contributed by atoms with Crippen LogP contribution in [0.1, 0.15) is 0 Å². The number of nitrogen functional groups attached to an aromatic ring is 1. The third-order valence-corrected chi connectivity index (χ3v) is 4.28. The Morgan fingerprint density at radius 1 is 1.06 bits per heavy atom. The number of hydrogen-bond acceptors (Lipinski definition) is 5. The number of nitrogens with zero attached hydrogens (tertiary/aromatic N) is 2. The fraction of sp³-hybridized carbons (Fsp3) is 0. The van der Waals surface area contributed by atoms with Gasteiger partial charge in [-0.15, -0.1) is 11.3 Å². The second-order valence-corrected chi connectivity index (χ2v) is 5.42. The highest BCUT2D eigenvalue weighted by Gasteiger charge is 2.08. The molecule has 3 nitrogen and oxygen atoms in total. The molecule has 0 bridgehead atoms. The maximum Gasteiger partial charge on any atom is 0.221 e. The predicted octanol–water partition coefficient (Wildman–Crippen LogP) is 3.42. The van der Waals surface area contributed by atoms with Gasteiger partial charge in [0.25, 0.3) is 0 Å². The van der Waals surface area contributed by atoms with Crippen LogP contribution >= 0.6 is 23.1 Å². The van der Waals surface area contributed by atoms with Crippen molar-refractivity contribution in [3.05, 3.63) is 41.8 Å². The first-order valence-corrected chi connectivity index (χ1v) is 6.76. The van der Waals surface area contributed by atoms with Gasteiger partial charge < -0.3 is 5.73 Å². The Morgan fingerprint density at radius 3 is 2.71 bits per heavy atom. The Balaban J connectivity index is 2.08. The Bertz CT molecular complexity index is 649. The van der Waals surface area contributed by atoms with Crippen LogP contribution < -0.4 is 5.73 Å². The van der Waals surface area contributed by atoms with Crippen LogP contribution in [0.3, 0.4) is 0 Å². The average molecular weight is 259 g/mol. The molecule has 0 fully saturated rings. The van der Waals surface area contributed by atoms with Gasteiger partial charge in [0, 0.05) is 4.90 Å². The lowest BCUT2D eigenvalue weighted by Gasteiger charge is -2.02. The van der Waals surface area contributed by atoms with Crippen LogP contribution in [0.5, 0.6) is 0 Å². The molecule has 0 spiro atoms. The lowest BCUT2D eigenvalue weighted by Crippen LogP contribution is -1.95. The molecule has 3 aromatic rings. The summed E-state index contributed by atoms with van der Waals surface area (Å²) in [5.74, 6) is 0.328. The van der Waals surface area contributed by atoms with Crippen molar-refractivity contribution in [3.8, 4) is 0 Å². The van der Waals surface area contributed by atoms with Crippen molar-refractivity contribution in [1.29, 1.82) is 0 Å². The topological polar surface area (TPSA) is 51.8 Å². The quantitative estimate of drug-likeness (QED) is 0.716. The summed E-state index contributed by atoms with van der Waals surface area (Å²) in [6.45, 7) is 0. The molecule has 3 rings (SSSR count). The Morgan fingerprint density at radius 2 is 1.88 bits per heavy atom. The number of thiophene rings is 1. The van der Waals surface area contributed by atoms with Gasteiger partial charge in [0.1, 0.15) is 5.03 Å². The average Bonchev–Trinajstić information content (AvgIpc) is 2.78. The number of anilines is 1. The van der Waals surface area contributed by atoms with Crippen molar-refractivity contribution in [2.45, 2.75) is 9.92 Å². The van der Waals surface area contributed by atoms with Crippen LogP contribution in [0.2, 0.25) is 0 Å². The zero-order valence-corrected chi connectivity index (χ0v) is 10.5. The van der Waals surface area contributed by atoms with Gasteiger partial charge in [-0.2, -0.15) is 0 Å². The number of fused-ring (bicyclic) bond motifs is 1. The van der Waals surface area contributed by atoms with Crippen LogP contribution in [0.4, 0.5) is 5.95 Å². The zero-order valence-electron chi connectivity index (χ0n) is 8.83. The second-order valence-electron chi connectivity index (χ2n) is 3.44. The Hall–Kier alpha value is -1.59. The first-order chi connectivity index (χ1) is 8.33. The summed E-state index contributed by atoms with van der Waals surface area (Å²) in [5, 5.41) is 2.93. The van der Waals surface area contributed by atoms with Crippen LogP contribution in [0.15, 0.2) is 51.7 Å². The first-order valence-electron chi connectivity index (χ1n) is 5.06. The third kappa shape index (κ3) is 2.11. The molecule has 0 aliphatic carbocycles. The maximum absolute atomic E-state index is 5.71. The van der Waals surface area contributed by atoms with Crippen molar-refractivity contribution < 1.29 is 0 Å². The number of nitrogens with two attached hydrogens (primary N) is 1. The van der Waals surface area contributed by atoms with E-state index in [0.29, 0.717) is 5.95 Å². The molecule has 0 radical (unpaired) electrons. The van der Waals surface area contributed by atoms with Crippen molar-refractivity contribution in [1.82, 2.24) is 9.97 Å². The van der Waals surface area contributed by atoms with Crippen LogP contribution in [-0.2, 0) is 0 Å². The van der Waals surface area contributed by atoms with Crippen LogP contribution in [0, 0.1) is 0 Å². The van der Waals surface area contributed by atoms with Gasteiger partial charge >= 0.3 is 0 Å². The van der Waals surface area contributed by atoms with Crippen molar-refractivity contribution in [2.75, 3.05) is 5.73 Å². The minimum atomic E-state index is 0.328. The first kappa shape index (κ1) is 10.6. The molecule has 0 amide bonds. The van der Waals surface area contributed by atoms with Gasteiger partial charge in [-0.1, -0.05) is 30.0 Å². The molecule has 0 atom stereocenters. The van der Waals surface area contributed by atoms with Crippen LogP contribution in [0.25, 0.3) is 10.2 Å². The van der Waals surface area contributed by atoms with E-state index in [0.717, 1.165) is 20.1 Å². The largest absolute Gasteiger partial charge is 0.368 e. The highest BCUT2D eigenvalue weighted by atomic mass is 32.2. The third-order valence-electron chi connectivity index (χ3n) is 2.25. The van der Waals surface area contributed by atoms with E-state index >= 15 is 0 Å². The molecular formula is C12H9N3S2. The van der Waals surface area contributed by atoms with Gasteiger partial charge in [-0.05, 0) is 23.6 Å². The molecule has 0 saturated heterocycles. The van der Waals surface area contributed by atoms with Gasteiger partial charge in [0.05, 0.1) is 10.2 Å². The number of benzene rings is 1. The summed E-state index contributed by atoms with van der Waals surface area (Å²) in [6, 6.07) is 12.1. The lowest BCUT2D eigenvalue weighted by atomic mass is 10.4. The lowest BCUT2D eigenvalue weighted by molar-refractivity contribution is 1.13. The summed E-state index contributed by atoms with van der Waals surface area (Å²) in [7, 11) is 0. The van der Waals surface area contributed by atoms with Crippen molar-refractivity contribution >= 4 is 39.3 Å². The molecule has 1 aromatic carbocycles. The molecule has 2 N–H and O–H groups in total. The monoisotopic (exact) mass is 259 g/mol. The van der Waals surface area contributed by atoms with Gasteiger partial charge in [0.15, 0.2) is 0 Å². The van der Waals surface area contributed by atoms with Gasteiger partial charge in [0.2, 0.25) is 5.95 Å². The highest BCUT2D eigenvalue weighted by molar-refractivity contribution is 7.99. The van der Waals surface area contributed by atoms with E-state index in [1.165, 1.54) is 0 Å². The van der Waals surface area contributed by atoms with E-state index in [-0.39, 0.29) is 0 Å². The molecule has 0 aliphatic heterocycles. The maximum atomic E-state index is 5.71. The van der Waals surface area contributed by atoms with Crippen molar-refractivity contribution in [3.63, 3.8) is 0 Å². The van der Waals surface area contributed by atoms with Crippen LogP contribution in [-0.4, -0.2) is 9.97 Å². The molecular weight excluding hydrogens is 250 g/mol. The molecule has 5 heteroatoms. The molecule has 0 aliphatic rings. The summed E-state index contributed by atoms with van der Waals surface area (Å²) < 4.78 is 1.09. The van der Waals surface area contributed by atoms with E-state index < -0.39 is 0 Å². The summed E-state index contributed by atoms with van der Waals surface area (Å²) in [5.41, 5.74) is 6.62. The minimum absolute atomic E-state index is 0.328. The van der Waals surface area contributed by atoms with Crippen molar-refractivity contribution in [2.24, 2.45) is 0 Å². The van der Waals surface area contributed by atoms with E-state index in [1.54, 1.807) is 23.1 Å². The van der Waals surface area contributed by atoms with E-state index in [2.05, 4.69) is 22.1 Å². The number of aromatic nitrogens is 2. The predicted molar refractivity (Wildman–Crippen MR) is 72.4 cm³/mol. The minimum Gasteiger partial charge on any atom is -0.368 e. The fourth-order valence-electron chi connectivity index (χ4n) is 1.52. The number of hydrogen-bond donors (Lipinski definition) is 1. The molecule has 2 aromatic heterocycles. The molecule has 0 unspecified atom stereocenters. The molecule has 2 heterocycles. The SMILES string of the molecule is Nc1nc(Sc2ccccc2)c2sccc2n1. The standard InChI is InChI=1S/C12H9N3S2/c13-12-14-9-6-7-16-10(9)11(15-12)17-8-4-2-1-3-5-8/h1-7H,(H2,13,14,15). The smallest absolute Gasteiger partial charge is 0.221 e. The molecule has 84 valence electrons. The summed E-state index contributed by atoms with van der Waals surface area (Å²) in [6.07, 6.45) is 0. The summed E-state index contributed by atoms with van der Waals surface area (Å²) >= 11 is 3.26. The zero-order chi connectivity index (χ0) is 11.7. The van der Waals surface area contributed by atoms with E-state index in [1.807, 2.05) is 29.6 Å². The Labute approximate surface area is 107 Å². The van der Waals surface area contributed by atoms with Gasteiger partial charge in [-0.3, -0.25) is 0 Å². The summed E-state index contributed by atoms with van der Waals surface area (Å²) in [4.78, 5) is 9.66. The van der Waals surface area contributed by atoms with E-state index in [9.17, 15) is 0 Å². The highest BCUT2D eigenvalue weighted by Crippen LogP contribution is 2.34. The molecule has 17 heavy (non-hydrogen) atoms. The number of rotatable bonds is 2.